The Kier molecular flexibility index (Phi) is 7.04. The van der Waals surface area contributed by atoms with Crippen molar-refractivity contribution in [3.8, 4) is 16.9 Å². The van der Waals surface area contributed by atoms with Crippen LogP contribution in [-0.2, 0) is 6.54 Å². The van der Waals surface area contributed by atoms with E-state index < -0.39 is 0 Å². The minimum absolute atomic E-state index is 0.474. The largest absolute Gasteiger partial charge is 0.495 e. The first-order chi connectivity index (χ1) is 14.9. The van der Waals surface area contributed by atoms with E-state index in [0.717, 1.165) is 77.2 Å². The second-order valence-corrected chi connectivity index (χ2v) is 9.37. The highest BCUT2D eigenvalue weighted by atomic mass is 79.9. The third-order valence-electron chi connectivity index (χ3n) is 5.84. The lowest BCUT2D eigenvalue weighted by atomic mass is 10.0. The van der Waals surface area contributed by atoms with Gasteiger partial charge in [0.25, 0.3) is 0 Å². The molecule has 2 aromatic carbocycles. The van der Waals surface area contributed by atoms with Crippen LogP contribution in [0.25, 0.3) is 22.2 Å². The number of nitrogens with zero attached hydrogens (tertiary/aromatic N) is 4. The highest BCUT2D eigenvalue weighted by molar-refractivity contribution is 9.10. The van der Waals surface area contributed by atoms with Crippen LogP contribution in [0.5, 0.6) is 5.75 Å². The van der Waals surface area contributed by atoms with Crippen LogP contribution < -0.4 is 4.74 Å². The summed E-state index contributed by atoms with van der Waals surface area (Å²) in [5.74, 6) is 0.588. The first-order valence-corrected chi connectivity index (χ1v) is 11.9. The van der Waals surface area contributed by atoms with Crippen LogP contribution in [0.3, 0.4) is 0 Å². The van der Waals surface area contributed by atoms with Gasteiger partial charge in [-0.15, -0.1) is 0 Å². The van der Waals surface area contributed by atoms with Crippen molar-refractivity contribution in [3.05, 3.63) is 50.2 Å². The predicted octanol–water partition coefficient (Wildman–Crippen LogP) is 5.82. The molecule has 2 heterocycles. The van der Waals surface area contributed by atoms with Gasteiger partial charge in [0.2, 0.25) is 0 Å². The molecule has 0 aliphatic carbocycles. The number of ether oxygens (including phenoxy) is 1. The standard InChI is InChI=1S/C23H25BrCl2N4O/c1-4-29-7-9-30(10-8-29)13-15-12-27-22-16(5-6-17(24)23(22)28-15)19-20(25)14(2)11-18(31-3)21(19)26/h5-6,11-12H,4,7-10,13H2,1-3H3. The molecule has 0 amide bonds. The maximum atomic E-state index is 6.68. The van der Waals surface area contributed by atoms with Gasteiger partial charge in [0.05, 0.1) is 34.6 Å². The molecule has 0 unspecified atom stereocenters. The Hall–Kier alpha value is -1.44. The second kappa shape index (κ2) is 9.59. The molecule has 8 heteroatoms. The van der Waals surface area contributed by atoms with Crippen LogP contribution in [-0.4, -0.2) is 59.6 Å². The van der Waals surface area contributed by atoms with E-state index in [1.165, 1.54) is 0 Å². The van der Waals surface area contributed by atoms with Crippen molar-refractivity contribution in [1.29, 1.82) is 0 Å². The number of aryl methyl sites for hydroxylation is 1. The van der Waals surface area contributed by atoms with E-state index in [0.29, 0.717) is 15.8 Å². The Bertz CT molecular complexity index is 1120. The fourth-order valence-electron chi connectivity index (χ4n) is 4.00. The lowest BCUT2D eigenvalue weighted by molar-refractivity contribution is 0.131. The van der Waals surface area contributed by atoms with Gasteiger partial charge in [0, 0.05) is 48.3 Å². The van der Waals surface area contributed by atoms with Gasteiger partial charge in [-0.3, -0.25) is 9.88 Å². The van der Waals surface area contributed by atoms with Gasteiger partial charge >= 0.3 is 0 Å². The molecule has 3 aromatic rings. The summed E-state index contributed by atoms with van der Waals surface area (Å²) in [5.41, 5.74) is 4.96. The summed E-state index contributed by atoms with van der Waals surface area (Å²) in [4.78, 5) is 14.6. The van der Waals surface area contributed by atoms with Gasteiger partial charge in [-0.25, -0.2) is 4.98 Å². The Morgan fingerprint density at radius 2 is 1.77 bits per heavy atom. The van der Waals surface area contributed by atoms with Gasteiger partial charge in [-0.1, -0.05) is 36.2 Å². The molecule has 4 rings (SSSR count). The SMILES string of the molecule is CCN1CCN(Cc2cnc3c(-c4c(Cl)c(C)cc(OC)c4Cl)ccc(Br)c3n2)CC1. The van der Waals surface area contributed by atoms with Crippen LogP contribution in [0.1, 0.15) is 18.2 Å². The number of piperazine rings is 1. The molecule has 164 valence electrons. The Labute approximate surface area is 201 Å². The van der Waals surface area contributed by atoms with Crippen LogP contribution >= 0.6 is 39.1 Å². The number of halogens is 3. The molecule has 0 spiro atoms. The normalized spacial score (nSPS) is 15.5. The molecule has 1 aliphatic rings. The van der Waals surface area contributed by atoms with E-state index in [1.807, 2.05) is 31.3 Å². The van der Waals surface area contributed by atoms with Crippen LogP contribution in [0, 0.1) is 6.92 Å². The van der Waals surface area contributed by atoms with Crippen molar-refractivity contribution in [1.82, 2.24) is 19.8 Å². The number of methoxy groups -OCH3 is 1. The molecule has 0 radical (unpaired) electrons. The predicted molar refractivity (Wildman–Crippen MR) is 131 cm³/mol. The lowest BCUT2D eigenvalue weighted by Gasteiger charge is -2.33. The Morgan fingerprint density at radius 1 is 1.06 bits per heavy atom. The molecule has 0 atom stereocenters. The molecule has 0 saturated carbocycles. The average molecular weight is 524 g/mol. The number of likely N-dealkylation sites (N-methyl/N-ethyl adjacent to an activating group) is 1. The zero-order valence-electron chi connectivity index (χ0n) is 17.9. The number of hydrogen-bond acceptors (Lipinski definition) is 5. The first-order valence-electron chi connectivity index (χ1n) is 10.3. The second-order valence-electron chi connectivity index (χ2n) is 7.76. The minimum atomic E-state index is 0.474. The molecule has 1 aliphatic heterocycles. The molecule has 1 fully saturated rings. The monoisotopic (exact) mass is 522 g/mol. The summed E-state index contributed by atoms with van der Waals surface area (Å²) in [5, 5.41) is 1.07. The zero-order chi connectivity index (χ0) is 22.1. The van der Waals surface area contributed by atoms with Gasteiger partial charge in [0.15, 0.2) is 0 Å². The van der Waals surface area contributed by atoms with Gasteiger partial charge in [-0.2, -0.15) is 0 Å². The summed E-state index contributed by atoms with van der Waals surface area (Å²) in [6.45, 7) is 10.3. The van der Waals surface area contributed by atoms with Crippen LogP contribution in [0.2, 0.25) is 10.0 Å². The molecule has 1 saturated heterocycles. The average Bonchev–Trinajstić information content (AvgIpc) is 2.78. The summed E-state index contributed by atoms with van der Waals surface area (Å²) in [6, 6.07) is 5.78. The molecule has 0 bridgehead atoms. The van der Waals surface area contributed by atoms with Crippen molar-refractivity contribution in [3.63, 3.8) is 0 Å². The molecular weight excluding hydrogens is 499 g/mol. The molecule has 0 N–H and O–H groups in total. The lowest BCUT2D eigenvalue weighted by Crippen LogP contribution is -2.45. The van der Waals surface area contributed by atoms with Gasteiger partial charge in [-0.05, 0) is 47.1 Å². The number of hydrogen-bond donors (Lipinski definition) is 0. The van der Waals surface area contributed by atoms with Crippen molar-refractivity contribution >= 4 is 50.2 Å². The van der Waals surface area contributed by atoms with E-state index in [4.69, 9.17) is 37.9 Å². The van der Waals surface area contributed by atoms with Crippen molar-refractivity contribution in [2.45, 2.75) is 20.4 Å². The fourth-order valence-corrected chi connectivity index (χ4v) is 5.04. The van der Waals surface area contributed by atoms with E-state index in [2.05, 4.69) is 32.7 Å². The smallest absolute Gasteiger partial charge is 0.138 e. The van der Waals surface area contributed by atoms with E-state index in [-0.39, 0.29) is 0 Å². The zero-order valence-corrected chi connectivity index (χ0v) is 21.0. The number of rotatable bonds is 5. The third-order valence-corrected chi connectivity index (χ3v) is 7.34. The van der Waals surface area contributed by atoms with Crippen molar-refractivity contribution in [2.24, 2.45) is 0 Å². The van der Waals surface area contributed by atoms with E-state index in [1.54, 1.807) is 7.11 Å². The summed E-state index contributed by atoms with van der Waals surface area (Å²) in [6.07, 6.45) is 1.86. The first kappa shape index (κ1) is 22.7. The molecule has 31 heavy (non-hydrogen) atoms. The Balaban J connectivity index is 1.74. The number of fused-ring (bicyclic) bond motifs is 1. The minimum Gasteiger partial charge on any atom is -0.495 e. The fraction of sp³-hybridized carbons (Fsp3) is 0.391. The highest BCUT2D eigenvalue weighted by Crippen LogP contribution is 2.45. The van der Waals surface area contributed by atoms with Gasteiger partial charge < -0.3 is 9.64 Å². The topological polar surface area (TPSA) is 41.5 Å². The quantitative estimate of drug-likeness (QED) is 0.421. The van der Waals surface area contributed by atoms with E-state index in [9.17, 15) is 0 Å². The van der Waals surface area contributed by atoms with Crippen LogP contribution in [0.4, 0.5) is 0 Å². The number of benzene rings is 2. The maximum Gasteiger partial charge on any atom is 0.138 e. The summed E-state index contributed by atoms with van der Waals surface area (Å²) >= 11 is 17.0. The third kappa shape index (κ3) is 4.55. The van der Waals surface area contributed by atoms with Gasteiger partial charge in [0.1, 0.15) is 11.3 Å². The molecule has 1 aromatic heterocycles. The molecular formula is C23H25BrCl2N4O. The Morgan fingerprint density at radius 3 is 2.45 bits per heavy atom. The maximum absolute atomic E-state index is 6.68. The highest BCUT2D eigenvalue weighted by Gasteiger charge is 2.21. The summed E-state index contributed by atoms with van der Waals surface area (Å²) in [7, 11) is 1.60. The number of aromatic nitrogens is 2. The molecule has 5 nitrogen and oxygen atoms in total. The van der Waals surface area contributed by atoms with Crippen molar-refractivity contribution in [2.75, 3.05) is 39.8 Å². The summed E-state index contributed by atoms with van der Waals surface area (Å²) < 4.78 is 6.35. The van der Waals surface area contributed by atoms with E-state index >= 15 is 0 Å². The van der Waals surface area contributed by atoms with Crippen LogP contribution in [0.15, 0.2) is 28.9 Å². The van der Waals surface area contributed by atoms with Crippen molar-refractivity contribution < 1.29 is 4.74 Å².